The van der Waals surface area contributed by atoms with E-state index in [-0.39, 0.29) is 11.7 Å². The Balaban J connectivity index is 1.75. The Bertz CT molecular complexity index is 623. The molecule has 3 N–H and O–H groups in total. The van der Waals surface area contributed by atoms with Crippen LogP contribution < -0.4 is 16.0 Å². The van der Waals surface area contributed by atoms with Crippen molar-refractivity contribution < 1.29 is 9.53 Å². The van der Waals surface area contributed by atoms with E-state index in [2.05, 4.69) is 15.2 Å². The maximum Gasteiger partial charge on any atom is 0.269 e. The van der Waals surface area contributed by atoms with Crippen LogP contribution in [0.5, 0.6) is 0 Å². The number of hydrogen-bond donors (Lipinski definition) is 2. The minimum Gasteiger partial charge on any atom is -0.382 e. The fourth-order valence-electron chi connectivity index (χ4n) is 2.08. The topological polar surface area (TPSA) is 80.5 Å². The van der Waals surface area contributed by atoms with E-state index in [1.165, 1.54) is 11.3 Å². The molecular formula is C14H16N4O2S. The molecule has 1 aliphatic rings. The lowest BCUT2D eigenvalue weighted by Gasteiger charge is -2.25. The summed E-state index contributed by atoms with van der Waals surface area (Å²) in [5.74, 6) is 0.0469. The first kappa shape index (κ1) is 13.8. The Morgan fingerprint density at radius 2 is 2.00 bits per heavy atom. The fraction of sp³-hybridized carbons (Fsp3) is 0.286. The first-order chi connectivity index (χ1) is 10.2. The maximum atomic E-state index is 12.3. The minimum absolute atomic E-state index is 0.226. The number of para-hydroxylation sites is 1. The number of nitrogens with one attached hydrogen (secondary N) is 1. The highest BCUT2D eigenvalue weighted by Crippen LogP contribution is 2.29. The van der Waals surface area contributed by atoms with Crippen molar-refractivity contribution in [1.29, 1.82) is 0 Å². The minimum atomic E-state index is -0.226. The highest BCUT2D eigenvalue weighted by molar-refractivity contribution is 7.18. The summed E-state index contributed by atoms with van der Waals surface area (Å²) in [7, 11) is 0. The number of anilines is 3. The third-order valence-electron chi connectivity index (χ3n) is 3.16. The Morgan fingerprint density at radius 3 is 2.71 bits per heavy atom. The van der Waals surface area contributed by atoms with Gasteiger partial charge in [0.2, 0.25) is 0 Å². The molecule has 0 radical (unpaired) electrons. The SMILES string of the molecule is Nc1nc(N2CCOCC2)sc1C(=O)Nc1ccccc1. The van der Waals surface area contributed by atoms with Crippen molar-refractivity contribution in [2.45, 2.75) is 0 Å². The largest absolute Gasteiger partial charge is 0.382 e. The quantitative estimate of drug-likeness (QED) is 0.904. The number of rotatable bonds is 3. The van der Waals surface area contributed by atoms with Gasteiger partial charge in [-0.15, -0.1) is 0 Å². The summed E-state index contributed by atoms with van der Waals surface area (Å²) in [5.41, 5.74) is 6.62. The van der Waals surface area contributed by atoms with Gasteiger partial charge in [0, 0.05) is 18.8 Å². The molecule has 0 atom stereocenters. The summed E-state index contributed by atoms with van der Waals surface area (Å²) >= 11 is 1.32. The number of thiazole rings is 1. The number of nitrogens with two attached hydrogens (primary N) is 1. The molecule has 2 heterocycles. The molecule has 0 saturated carbocycles. The summed E-state index contributed by atoms with van der Waals surface area (Å²) < 4.78 is 5.31. The molecule has 0 bridgehead atoms. The van der Waals surface area contributed by atoms with Crippen LogP contribution in [0, 0.1) is 0 Å². The van der Waals surface area contributed by atoms with Crippen LogP contribution in [0.25, 0.3) is 0 Å². The average Bonchev–Trinajstić information content (AvgIpc) is 2.91. The van der Waals surface area contributed by atoms with Crippen LogP contribution in [0.3, 0.4) is 0 Å². The zero-order chi connectivity index (χ0) is 14.7. The van der Waals surface area contributed by atoms with Crippen molar-refractivity contribution in [3.8, 4) is 0 Å². The van der Waals surface area contributed by atoms with Gasteiger partial charge in [-0.25, -0.2) is 4.98 Å². The van der Waals surface area contributed by atoms with E-state index in [1.807, 2.05) is 30.3 Å². The maximum absolute atomic E-state index is 12.3. The van der Waals surface area contributed by atoms with E-state index in [0.29, 0.717) is 18.1 Å². The van der Waals surface area contributed by atoms with Crippen LogP contribution in [0.15, 0.2) is 30.3 Å². The summed E-state index contributed by atoms with van der Waals surface area (Å²) in [6, 6.07) is 9.29. The number of nitrogen functional groups attached to an aromatic ring is 1. The Hall–Kier alpha value is -2.12. The van der Waals surface area contributed by atoms with Crippen LogP contribution in [-0.2, 0) is 4.74 Å². The molecular weight excluding hydrogens is 288 g/mol. The molecule has 1 aliphatic heterocycles. The van der Waals surface area contributed by atoms with Gasteiger partial charge in [0.15, 0.2) is 5.13 Å². The summed E-state index contributed by atoms with van der Waals surface area (Å²) in [4.78, 5) is 19.1. The molecule has 3 rings (SSSR count). The smallest absolute Gasteiger partial charge is 0.269 e. The molecule has 6 nitrogen and oxygen atoms in total. The summed E-state index contributed by atoms with van der Waals surface area (Å²) in [6.07, 6.45) is 0. The number of morpholine rings is 1. The van der Waals surface area contributed by atoms with E-state index in [1.54, 1.807) is 0 Å². The molecule has 21 heavy (non-hydrogen) atoms. The molecule has 0 unspecified atom stereocenters. The predicted octanol–water partition coefficient (Wildman–Crippen LogP) is 1.81. The van der Waals surface area contributed by atoms with Crippen LogP contribution in [0.1, 0.15) is 9.67 Å². The lowest BCUT2D eigenvalue weighted by Crippen LogP contribution is -2.36. The van der Waals surface area contributed by atoms with Gasteiger partial charge in [0.25, 0.3) is 5.91 Å². The molecule has 0 aliphatic carbocycles. The van der Waals surface area contributed by atoms with Gasteiger partial charge in [0.05, 0.1) is 13.2 Å². The van der Waals surface area contributed by atoms with Crippen LogP contribution in [-0.4, -0.2) is 37.2 Å². The molecule has 2 aromatic rings. The molecule has 1 amide bonds. The molecule has 1 fully saturated rings. The summed E-state index contributed by atoms with van der Waals surface area (Å²) in [5, 5.41) is 3.60. The Morgan fingerprint density at radius 1 is 1.29 bits per heavy atom. The molecule has 1 aromatic heterocycles. The van der Waals surface area contributed by atoms with Gasteiger partial charge in [-0.3, -0.25) is 4.79 Å². The lowest BCUT2D eigenvalue weighted by atomic mass is 10.3. The van der Waals surface area contributed by atoms with Gasteiger partial charge in [0.1, 0.15) is 10.7 Å². The molecule has 1 aromatic carbocycles. The number of hydrogen-bond acceptors (Lipinski definition) is 6. The van der Waals surface area contributed by atoms with Gasteiger partial charge in [-0.2, -0.15) is 0 Å². The third kappa shape index (κ3) is 3.14. The second-order valence-corrected chi connectivity index (χ2v) is 5.61. The number of benzene rings is 1. The number of carbonyl (C=O) groups excluding carboxylic acids is 1. The number of amides is 1. The standard InChI is InChI=1S/C14H16N4O2S/c15-12-11(13(19)16-10-4-2-1-3-5-10)21-14(17-12)18-6-8-20-9-7-18/h1-5H,6-9,15H2,(H,16,19). The van der Waals surface area contributed by atoms with Gasteiger partial charge in [-0.05, 0) is 12.1 Å². The highest BCUT2D eigenvalue weighted by Gasteiger charge is 2.21. The van der Waals surface area contributed by atoms with E-state index in [9.17, 15) is 4.79 Å². The first-order valence-corrected chi connectivity index (χ1v) is 7.51. The average molecular weight is 304 g/mol. The number of aromatic nitrogens is 1. The van der Waals surface area contributed by atoms with Crippen molar-refractivity contribution in [1.82, 2.24) is 4.98 Å². The number of carbonyl (C=O) groups is 1. The third-order valence-corrected chi connectivity index (χ3v) is 4.29. The van der Waals surface area contributed by atoms with Crippen LogP contribution in [0.4, 0.5) is 16.6 Å². The molecule has 110 valence electrons. The first-order valence-electron chi connectivity index (χ1n) is 6.69. The monoisotopic (exact) mass is 304 g/mol. The van der Waals surface area contributed by atoms with Crippen molar-refractivity contribution in [3.05, 3.63) is 35.2 Å². The number of ether oxygens (including phenoxy) is 1. The van der Waals surface area contributed by atoms with E-state index >= 15 is 0 Å². The Kier molecular flexibility index (Phi) is 4.03. The van der Waals surface area contributed by atoms with Gasteiger partial charge < -0.3 is 20.7 Å². The second-order valence-electron chi connectivity index (χ2n) is 4.63. The van der Waals surface area contributed by atoms with Crippen molar-refractivity contribution in [2.24, 2.45) is 0 Å². The molecule has 0 spiro atoms. The van der Waals surface area contributed by atoms with Crippen molar-refractivity contribution in [3.63, 3.8) is 0 Å². The van der Waals surface area contributed by atoms with Crippen LogP contribution >= 0.6 is 11.3 Å². The Labute approximate surface area is 126 Å². The van der Waals surface area contributed by atoms with E-state index < -0.39 is 0 Å². The van der Waals surface area contributed by atoms with Crippen molar-refractivity contribution in [2.75, 3.05) is 42.3 Å². The number of nitrogens with zero attached hydrogens (tertiary/aromatic N) is 2. The molecule has 7 heteroatoms. The van der Waals surface area contributed by atoms with Crippen LogP contribution in [0.2, 0.25) is 0 Å². The zero-order valence-corrected chi connectivity index (χ0v) is 12.2. The van der Waals surface area contributed by atoms with Gasteiger partial charge in [-0.1, -0.05) is 29.5 Å². The predicted molar refractivity (Wildman–Crippen MR) is 84.0 cm³/mol. The summed E-state index contributed by atoms with van der Waals surface area (Å²) in [6.45, 7) is 2.88. The normalized spacial score (nSPS) is 15.0. The lowest BCUT2D eigenvalue weighted by molar-refractivity contribution is 0.103. The molecule has 1 saturated heterocycles. The van der Waals surface area contributed by atoms with Gasteiger partial charge >= 0.3 is 0 Å². The second kappa shape index (κ2) is 6.11. The van der Waals surface area contributed by atoms with Crippen molar-refractivity contribution >= 4 is 33.9 Å². The zero-order valence-electron chi connectivity index (χ0n) is 11.4. The highest BCUT2D eigenvalue weighted by atomic mass is 32.1. The van der Waals surface area contributed by atoms with E-state index in [0.717, 1.165) is 23.9 Å². The van der Waals surface area contributed by atoms with E-state index in [4.69, 9.17) is 10.5 Å². The fourth-order valence-corrected chi connectivity index (χ4v) is 3.01.